The summed E-state index contributed by atoms with van der Waals surface area (Å²) < 4.78 is 28.7. The molecule has 42 heavy (non-hydrogen) atoms. The Balaban J connectivity index is 1.20. The minimum absolute atomic E-state index is 0.0190. The number of hydrogen-bond donors (Lipinski definition) is 3. The van der Waals surface area contributed by atoms with Crippen molar-refractivity contribution in [1.82, 2.24) is 0 Å². The van der Waals surface area contributed by atoms with E-state index in [1.807, 2.05) is 0 Å². The average molecular weight is 593 g/mol. The third-order valence-electron chi connectivity index (χ3n) is 12.6. The Morgan fingerprint density at radius 3 is 2.50 bits per heavy atom. The van der Waals surface area contributed by atoms with Crippen molar-refractivity contribution in [2.24, 2.45) is 34.5 Å². The first kappa shape index (κ1) is 30.5. The van der Waals surface area contributed by atoms with E-state index in [0.29, 0.717) is 18.3 Å². The van der Waals surface area contributed by atoms with E-state index in [9.17, 15) is 24.9 Å². The highest BCUT2D eigenvalue weighted by atomic mass is 16.7. The van der Waals surface area contributed by atoms with Gasteiger partial charge in [0.15, 0.2) is 6.29 Å². The second-order valence-corrected chi connectivity index (χ2v) is 14.5. The van der Waals surface area contributed by atoms with E-state index in [-0.39, 0.29) is 41.9 Å². The molecule has 0 aromatic heterocycles. The molecule has 4 saturated carbocycles. The monoisotopic (exact) mass is 592 g/mol. The van der Waals surface area contributed by atoms with Gasteiger partial charge in [-0.15, -0.1) is 0 Å². The molecule has 6 unspecified atom stereocenters. The van der Waals surface area contributed by atoms with Crippen molar-refractivity contribution in [2.45, 2.75) is 128 Å². The number of esters is 2. The van der Waals surface area contributed by atoms with Crippen LogP contribution in [0.4, 0.5) is 0 Å². The molecule has 2 aliphatic heterocycles. The van der Waals surface area contributed by atoms with Crippen LogP contribution in [-0.2, 0) is 33.3 Å². The quantitative estimate of drug-likeness (QED) is 0.322. The van der Waals surface area contributed by atoms with Gasteiger partial charge >= 0.3 is 11.9 Å². The molecule has 10 nitrogen and oxygen atoms in total. The zero-order valence-corrected chi connectivity index (χ0v) is 25.5. The fourth-order valence-electron chi connectivity index (χ4n) is 10.4. The summed E-state index contributed by atoms with van der Waals surface area (Å²) in [5.41, 5.74) is -0.720. The lowest BCUT2D eigenvalue weighted by molar-refractivity contribution is -0.313. The van der Waals surface area contributed by atoms with Crippen molar-refractivity contribution in [1.29, 1.82) is 0 Å². The number of aliphatic hydroxyl groups excluding tert-OH is 2. The van der Waals surface area contributed by atoms with Gasteiger partial charge in [-0.2, -0.15) is 0 Å². The predicted molar refractivity (Wildman–Crippen MR) is 149 cm³/mol. The first-order valence-electron chi connectivity index (χ1n) is 15.8. The molecule has 236 valence electrons. The van der Waals surface area contributed by atoms with E-state index in [2.05, 4.69) is 13.8 Å². The summed E-state index contributed by atoms with van der Waals surface area (Å²) in [4.78, 5) is 24.2. The van der Waals surface area contributed by atoms with Crippen LogP contribution in [0.5, 0.6) is 0 Å². The molecular weight excluding hydrogens is 544 g/mol. The van der Waals surface area contributed by atoms with Crippen molar-refractivity contribution in [3.63, 3.8) is 0 Å². The first-order valence-corrected chi connectivity index (χ1v) is 15.8. The molecule has 0 aromatic carbocycles. The lowest BCUT2D eigenvalue weighted by atomic mass is 9.43. The zero-order valence-electron chi connectivity index (χ0n) is 25.5. The highest BCUT2D eigenvalue weighted by molar-refractivity contribution is 5.85. The summed E-state index contributed by atoms with van der Waals surface area (Å²) in [5, 5.41) is 33.8. The van der Waals surface area contributed by atoms with Crippen molar-refractivity contribution in [2.75, 3.05) is 13.7 Å². The van der Waals surface area contributed by atoms with Crippen molar-refractivity contribution < 1.29 is 48.6 Å². The van der Waals surface area contributed by atoms with Crippen LogP contribution in [0, 0.1) is 34.5 Å². The normalized spacial score (nSPS) is 52.0. The minimum atomic E-state index is -1.08. The average Bonchev–Trinajstić information content (AvgIpc) is 3.44. The molecular formula is C32H48O10. The fourth-order valence-corrected chi connectivity index (χ4v) is 10.4. The number of carbonyl (C=O) groups is 2. The van der Waals surface area contributed by atoms with E-state index in [0.717, 1.165) is 50.5 Å². The number of hydrogen-bond acceptors (Lipinski definition) is 10. The van der Waals surface area contributed by atoms with Crippen LogP contribution >= 0.6 is 0 Å². The summed E-state index contributed by atoms with van der Waals surface area (Å²) in [6.45, 7) is 7.85. The zero-order chi connectivity index (χ0) is 30.2. The summed E-state index contributed by atoms with van der Waals surface area (Å²) in [6.07, 6.45) is 3.36. The third-order valence-corrected chi connectivity index (χ3v) is 12.6. The van der Waals surface area contributed by atoms with Crippen LogP contribution in [0.3, 0.4) is 0 Å². The number of carbonyl (C=O) groups excluding carboxylic acids is 2. The molecule has 2 heterocycles. The molecule has 10 heteroatoms. The molecule has 0 bridgehead atoms. The smallest absolute Gasteiger partial charge is 0.331 e. The third kappa shape index (κ3) is 4.58. The van der Waals surface area contributed by atoms with Crippen molar-refractivity contribution in [3.05, 3.63) is 11.6 Å². The lowest BCUT2D eigenvalue weighted by Crippen LogP contribution is -2.62. The topological polar surface area (TPSA) is 141 Å². The van der Waals surface area contributed by atoms with Gasteiger partial charge in [0.05, 0.1) is 17.8 Å². The minimum Gasteiger partial charge on any atom is -0.462 e. The number of cyclic esters (lactones) is 1. The maximum atomic E-state index is 12.7. The summed E-state index contributed by atoms with van der Waals surface area (Å²) >= 11 is 0. The van der Waals surface area contributed by atoms with Gasteiger partial charge in [-0.05, 0) is 80.6 Å². The van der Waals surface area contributed by atoms with Gasteiger partial charge in [0.25, 0.3) is 0 Å². The molecule has 1 saturated heterocycles. The highest BCUT2D eigenvalue weighted by Gasteiger charge is 2.71. The molecule has 3 N–H and O–H groups in total. The Kier molecular flexibility index (Phi) is 7.84. The molecule has 0 amide bonds. The second-order valence-electron chi connectivity index (χ2n) is 14.5. The van der Waals surface area contributed by atoms with Gasteiger partial charge in [0.2, 0.25) is 0 Å². The fraction of sp³-hybridized carbons (Fsp3) is 0.875. The van der Waals surface area contributed by atoms with Crippen molar-refractivity contribution in [3.8, 4) is 0 Å². The van der Waals surface area contributed by atoms with Crippen LogP contribution in [0.25, 0.3) is 0 Å². The Morgan fingerprint density at radius 1 is 1.07 bits per heavy atom. The Hall–Kier alpha value is -1.56. The number of methoxy groups -OCH3 is 1. The van der Waals surface area contributed by atoms with Crippen LogP contribution in [0.1, 0.15) is 79.1 Å². The Labute approximate surface area is 248 Å². The maximum absolute atomic E-state index is 12.7. The van der Waals surface area contributed by atoms with E-state index in [4.69, 9.17) is 23.7 Å². The van der Waals surface area contributed by atoms with Gasteiger partial charge in [-0.1, -0.05) is 13.8 Å². The largest absolute Gasteiger partial charge is 0.462 e. The van der Waals surface area contributed by atoms with Gasteiger partial charge in [-0.3, -0.25) is 4.79 Å². The molecule has 6 aliphatic rings. The second kappa shape index (κ2) is 10.8. The molecule has 4 aliphatic carbocycles. The van der Waals surface area contributed by atoms with E-state index < -0.39 is 47.8 Å². The number of fused-ring (bicyclic) bond motifs is 5. The van der Waals surface area contributed by atoms with Gasteiger partial charge in [-0.25, -0.2) is 4.79 Å². The summed E-state index contributed by atoms with van der Waals surface area (Å²) in [7, 11) is 1.47. The molecule has 0 radical (unpaired) electrons. The van der Waals surface area contributed by atoms with Crippen LogP contribution < -0.4 is 0 Å². The number of aliphatic hydroxyl groups is 3. The standard InChI is InChI=1S/C32H48O10/c1-16-26(35)28(38-5)27(36)29(40-16)42-20-8-10-30(3)19(13-20)6-7-22-21(30)9-11-31(4)25(18-12-24(34)39-15-18)23(41-17(2)33)14-32(22,31)37/h12,16,19-23,25-29,35-37H,6-11,13-15H2,1-5H3/t16?,19-,20+,21?,22?,23+,25?,26+,27?,28?,29+,30+,31-,32+/m1/s1. The lowest BCUT2D eigenvalue weighted by Gasteiger charge is -2.63. The highest BCUT2D eigenvalue weighted by Crippen LogP contribution is 2.70. The van der Waals surface area contributed by atoms with Crippen LogP contribution in [0.2, 0.25) is 0 Å². The Morgan fingerprint density at radius 2 is 1.83 bits per heavy atom. The van der Waals surface area contributed by atoms with Crippen LogP contribution in [0.15, 0.2) is 11.6 Å². The molecule has 0 spiro atoms. The maximum Gasteiger partial charge on any atom is 0.331 e. The SMILES string of the molecule is COC1C(O)[C@H](O[C@H]2CC[C@]3(C)C4CC[C@]5(C)C(C6=CC(=O)OC6)[C@@H](OC(C)=O)C[C@]5(O)C4CC[C@@H]3C2)OC(C)[C@@H]1O. The first-order chi connectivity index (χ1) is 19.8. The summed E-state index contributed by atoms with van der Waals surface area (Å²) in [6, 6.07) is 0. The Bertz CT molecular complexity index is 1110. The van der Waals surface area contributed by atoms with Crippen LogP contribution in [-0.4, -0.2) is 89.5 Å². The van der Waals surface area contributed by atoms with E-state index in [1.165, 1.54) is 20.1 Å². The number of rotatable bonds is 5. The molecule has 0 aromatic rings. The molecule has 5 fully saturated rings. The van der Waals surface area contributed by atoms with Gasteiger partial charge in [0.1, 0.15) is 31.0 Å². The van der Waals surface area contributed by atoms with Gasteiger partial charge in [0, 0.05) is 37.9 Å². The van der Waals surface area contributed by atoms with E-state index >= 15 is 0 Å². The van der Waals surface area contributed by atoms with E-state index in [1.54, 1.807) is 6.92 Å². The summed E-state index contributed by atoms with van der Waals surface area (Å²) in [5.74, 6) is -0.234. The molecule has 14 atom stereocenters. The molecule has 6 rings (SSSR count). The van der Waals surface area contributed by atoms with Gasteiger partial charge < -0.3 is 39.0 Å². The predicted octanol–water partition coefficient (Wildman–Crippen LogP) is 2.65. The number of ether oxygens (including phenoxy) is 5. The van der Waals surface area contributed by atoms with Crippen molar-refractivity contribution >= 4 is 11.9 Å².